The molecule has 1 amide bonds. The van der Waals surface area contributed by atoms with Gasteiger partial charge < -0.3 is 14.8 Å². The van der Waals surface area contributed by atoms with Crippen LogP contribution in [0.25, 0.3) is 0 Å². The molecule has 0 unspecified atom stereocenters. The molecule has 0 aliphatic carbocycles. The summed E-state index contributed by atoms with van der Waals surface area (Å²) in [5, 5.41) is 3.13. The number of para-hydroxylation sites is 1. The predicted molar refractivity (Wildman–Crippen MR) is 94.6 cm³/mol. The van der Waals surface area contributed by atoms with Crippen molar-refractivity contribution in [3.05, 3.63) is 52.0 Å². The Morgan fingerprint density at radius 1 is 1.13 bits per heavy atom. The van der Waals surface area contributed by atoms with Crippen molar-refractivity contribution in [2.75, 3.05) is 0 Å². The Labute approximate surface area is 148 Å². The van der Waals surface area contributed by atoms with Crippen molar-refractivity contribution in [2.45, 2.75) is 26.3 Å². The number of hydrogen-bond donors (Lipinski definition) is 1. The van der Waals surface area contributed by atoms with Gasteiger partial charge in [-0.25, -0.2) is 4.79 Å². The highest BCUT2D eigenvalue weighted by Crippen LogP contribution is 2.42. The molecule has 0 aliphatic rings. The zero-order valence-electron chi connectivity index (χ0n) is 13.0. The van der Waals surface area contributed by atoms with Crippen LogP contribution in [0, 0.1) is 0 Å². The van der Waals surface area contributed by atoms with E-state index in [4.69, 9.17) is 21.1 Å². The first-order valence-corrected chi connectivity index (χ1v) is 8.14. The molecule has 4 nitrogen and oxygen atoms in total. The molecule has 1 N–H and O–H groups in total. The SMILES string of the molecule is CC(C)(C)NC(=O)Oc1ccc(Cl)c(Oc2ccccc2)c1Br. The van der Waals surface area contributed by atoms with Crippen molar-refractivity contribution >= 4 is 33.6 Å². The lowest BCUT2D eigenvalue weighted by molar-refractivity contribution is 0.190. The van der Waals surface area contributed by atoms with Crippen LogP contribution in [0.5, 0.6) is 17.2 Å². The Bertz CT molecular complexity index is 699. The van der Waals surface area contributed by atoms with Gasteiger partial charge in [-0.1, -0.05) is 29.8 Å². The second-order valence-electron chi connectivity index (χ2n) is 5.87. The summed E-state index contributed by atoms with van der Waals surface area (Å²) in [7, 11) is 0. The molecule has 0 radical (unpaired) electrons. The van der Waals surface area contributed by atoms with Gasteiger partial charge in [0.05, 0.1) is 5.02 Å². The number of hydrogen-bond acceptors (Lipinski definition) is 3. The molecule has 0 saturated heterocycles. The summed E-state index contributed by atoms with van der Waals surface area (Å²) in [5.41, 5.74) is -0.390. The first-order valence-electron chi connectivity index (χ1n) is 6.97. The standard InChI is InChI=1S/C17H17BrClNO3/c1-17(2,3)20-16(21)23-13-10-9-12(19)15(14(13)18)22-11-7-5-4-6-8-11/h4-10H,1-3H3,(H,20,21). The molecule has 6 heteroatoms. The second-order valence-corrected chi connectivity index (χ2v) is 7.07. The average Bonchev–Trinajstić information content (AvgIpc) is 2.46. The van der Waals surface area contributed by atoms with E-state index < -0.39 is 6.09 Å². The zero-order chi connectivity index (χ0) is 17.0. The molecule has 23 heavy (non-hydrogen) atoms. The topological polar surface area (TPSA) is 47.6 Å². The molecule has 2 aromatic carbocycles. The third-order valence-corrected chi connectivity index (χ3v) is 3.71. The number of amides is 1. The smallest absolute Gasteiger partial charge is 0.413 e. The number of carbonyl (C=O) groups excluding carboxylic acids is 1. The van der Waals surface area contributed by atoms with Crippen LogP contribution >= 0.6 is 27.5 Å². The lowest BCUT2D eigenvalue weighted by Gasteiger charge is -2.20. The summed E-state index contributed by atoms with van der Waals surface area (Å²) in [6.45, 7) is 5.61. The minimum absolute atomic E-state index is 0.321. The molecule has 0 aliphatic heterocycles. The summed E-state index contributed by atoms with van der Waals surface area (Å²) in [6.07, 6.45) is -0.550. The van der Waals surface area contributed by atoms with Gasteiger partial charge >= 0.3 is 6.09 Å². The quantitative estimate of drug-likeness (QED) is 0.712. The number of halogens is 2. The molecule has 0 spiro atoms. The maximum absolute atomic E-state index is 11.9. The predicted octanol–water partition coefficient (Wildman–Crippen LogP) is 5.78. The fourth-order valence-electron chi connectivity index (χ4n) is 1.72. The summed E-state index contributed by atoms with van der Waals surface area (Å²) in [4.78, 5) is 11.9. The fourth-order valence-corrected chi connectivity index (χ4v) is 2.54. The van der Waals surface area contributed by atoms with Crippen LogP contribution in [-0.2, 0) is 0 Å². The summed E-state index contributed by atoms with van der Waals surface area (Å²) in [6, 6.07) is 12.4. The molecule has 2 rings (SSSR count). The normalized spacial score (nSPS) is 11.0. The lowest BCUT2D eigenvalue weighted by atomic mass is 10.1. The fraction of sp³-hybridized carbons (Fsp3) is 0.235. The van der Waals surface area contributed by atoms with E-state index in [1.807, 2.05) is 51.1 Å². The van der Waals surface area contributed by atoms with Crippen LogP contribution in [0.4, 0.5) is 4.79 Å². The highest BCUT2D eigenvalue weighted by molar-refractivity contribution is 9.10. The van der Waals surface area contributed by atoms with Crippen molar-refractivity contribution in [3.63, 3.8) is 0 Å². The summed E-state index contributed by atoms with van der Waals surface area (Å²) < 4.78 is 11.6. The summed E-state index contributed by atoms with van der Waals surface area (Å²) >= 11 is 9.57. The first kappa shape index (κ1) is 17.6. The number of ether oxygens (including phenoxy) is 2. The Morgan fingerprint density at radius 3 is 2.39 bits per heavy atom. The summed E-state index contributed by atoms with van der Waals surface area (Å²) in [5.74, 6) is 1.34. The van der Waals surface area contributed by atoms with E-state index in [0.717, 1.165) is 0 Å². The Kier molecular flexibility index (Phi) is 5.55. The van der Waals surface area contributed by atoms with Gasteiger partial charge in [-0.3, -0.25) is 0 Å². The van der Waals surface area contributed by atoms with Crippen LogP contribution < -0.4 is 14.8 Å². The van der Waals surface area contributed by atoms with Crippen molar-refractivity contribution < 1.29 is 14.3 Å². The van der Waals surface area contributed by atoms with E-state index in [9.17, 15) is 4.79 Å². The van der Waals surface area contributed by atoms with Gasteiger partial charge in [-0.05, 0) is 61.0 Å². The van der Waals surface area contributed by atoms with Crippen molar-refractivity contribution in [1.29, 1.82) is 0 Å². The van der Waals surface area contributed by atoms with Crippen molar-refractivity contribution in [2.24, 2.45) is 0 Å². The molecular formula is C17H17BrClNO3. The third-order valence-electron chi connectivity index (χ3n) is 2.66. The molecule has 0 atom stereocenters. The van der Waals surface area contributed by atoms with E-state index in [-0.39, 0.29) is 5.54 Å². The van der Waals surface area contributed by atoms with Gasteiger partial charge in [-0.15, -0.1) is 0 Å². The minimum atomic E-state index is -0.550. The highest BCUT2D eigenvalue weighted by Gasteiger charge is 2.19. The van der Waals surface area contributed by atoms with Crippen molar-refractivity contribution in [1.82, 2.24) is 5.32 Å². The van der Waals surface area contributed by atoms with Crippen molar-refractivity contribution in [3.8, 4) is 17.2 Å². The number of benzene rings is 2. The Morgan fingerprint density at radius 2 is 1.78 bits per heavy atom. The van der Waals surface area contributed by atoms with E-state index in [2.05, 4.69) is 21.2 Å². The monoisotopic (exact) mass is 397 g/mol. The first-order chi connectivity index (χ1) is 10.8. The van der Waals surface area contributed by atoms with Crippen LogP contribution in [0.2, 0.25) is 5.02 Å². The Hall–Kier alpha value is -1.72. The van der Waals surface area contributed by atoms with Gasteiger partial charge in [-0.2, -0.15) is 0 Å². The average molecular weight is 399 g/mol. The van der Waals surface area contributed by atoms with Crippen LogP contribution in [0.1, 0.15) is 20.8 Å². The molecule has 0 bridgehead atoms. The second kappa shape index (κ2) is 7.23. The zero-order valence-corrected chi connectivity index (χ0v) is 15.4. The number of rotatable bonds is 3. The van der Waals surface area contributed by atoms with Crippen LogP contribution in [0.3, 0.4) is 0 Å². The third kappa shape index (κ3) is 5.15. The van der Waals surface area contributed by atoms with Gasteiger partial charge in [0, 0.05) is 5.54 Å². The molecule has 0 heterocycles. The maximum Gasteiger partial charge on any atom is 0.413 e. The van der Waals surface area contributed by atoms with Gasteiger partial charge in [0.15, 0.2) is 11.5 Å². The lowest BCUT2D eigenvalue weighted by Crippen LogP contribution is -2.42. The molecule has 122 valence electrons. The van der Waals surface area contributed by atoms with E-state index in [1.165, 1.54) is 0 Å². The maximum atomic E-state index is 11.9. The molecule has 2 aromatic rings. The van der Waals surface area contributed by atoms with Gasteiger partial charge in [0.25, 0.3) is 0 Å². The minimum Gasteiger partial charge on any atom is -0.454 e. The van der Waals surface area contributed by atoms with E-state index >= 15 is 0 Å². The molecule has 0 aromatic heterocycles. The highest BCUT2D eigenvalue weighted by atomic mass is 79.9. The largest absolute Gasteiger partial charge is 0.454 e. The van der Waals surface area contributed by atoms with E-state index in [1.54, 1.807) is 12.1 Å². The van der Waals surface area contributed by atoms with Crippen LogP contribution in [-0.4, -0.2) is 11.6 Å². The Balaban J connectivity index is 2.23. The number of carbonyl (C=O) groups is 1. The van der Waals surface area contributed by atoms with Crippen LogP contribution in [0.15, 0.2) is 46.9 Å². The molecule has 0 fully saturated rings. The van der Waals surface area contributed by atoms with E-state index in [0.29, 0.717) is 26.7 Å². The number of nitrogens with one attached hydrogen (secondary N) is 1. The van der Waals surface area contributed by atoms with Gasteiger partial charge in [0.1, 0.15) is 10.2 Å². The molecular weight excluding hydrogens is 382 g/mol. The molecule has 0 saturated carbocycles. The van der Waals surface area contributed by atoms with Gasteiger partial charge in [0.2, 0.25) is 0 Å².